The van der Waals surface area contributed by atoms with Crippen LogP contribution in [0.1, 0.15) is 0 Å². The van der Waals surface area contributed by atoms with Gasteiger partial charge in [-0.25, -0.2) is 0 Å². The molecule has 2 nitrogen and oxygen atoms in total. The Morgan fingerprint density at radius 3 is 0.500 bits per heavy atom. The quantitative estimate of drug-likeness (QED) is 0.129. The van der Waals surface area contributed by atoms with E-state index in [2.05, 4.69) is 337 Å². The Hall–Kier alpha value is -11.1. The van der Waals surface area contributed by atoms with Gasteiger partial charge in [0.05, 0.1) is 33.4 Å². The van der Waals surface area contributed by atoms with Crippen molar-refractivity contribution >= 4 is 54.4 Å². The second-order valence-corrected chi connectivity index (χ2v) is 21.9. The fraction of sp³-hybridized carbons (Fsp3) is 0. The molecule has 16 rings (SSSR count). The summed E-state index contributed by atoms with van der Waals surface area (Å²) in [5.74, 6) is 0. The summed E-state index contributed by atoms with van der Waals surface area (Å²) in [5.41, 5.74) is 25.7. The summed E-state index contributed by atoms with van der Waals surface area (Å²) in [6.45, 7) is 0. The molecule has 0 bridgehead atoms. The fourth-order valence-corrected chi connectivity index (χ4v) is 13.2. The van der Waals surface area contributed by atoms with E-state index in [0.29, 0.717) is 0 Å². The minimum atomic E-state index is 1.11. The normalized spacial score (nSPS) is 11.6. The molecular formula is C82H54N2. The summed E-state index contributed by atoms with van der Waals surface area (Å²) >= 11 is 0. The van der Waals surface area contributed by atoms with Gasteiger partial charge < -0.3 is 9.13 Å². The van der Waals surface area contributed by atoms with E-state index in [9.17, 15) is 0 Å². The number of benzene rings is 14. The molecule has 0 radical (unpaired) electrons. The number of aromatic nitrogens is 2. The van der Waals surface area contributed by atoms with Gasteiger partial charge in [0.2, 0.25) is 0 Å². The zero-order chi connectivity index (χ0) is 55.5. The van der Waals surface area contributed by atoms with Crippen LogP contribution in [0.15, 0.2) is 328 Å². The zero-order valence-electron chi connectivity index (χ0n) is 46.1. The summed E-state index contributed by atoms with van der Waals surface area (Å²) in [4.78, 5) is 0. The van der Waals surface area contributed by atoms with E-state index in [0.717, 1.165) is 44.2 Å². The molecule has 0 saturated heterocycles. The summed E-state index contributed by atoms with van der Waals surface area (Å²) in [6, 6.07) is 121. The Morgan fingerprint density at radius 2 is 0.310 bits per heavy atom. The lowest BCUT2D eigenvalue weighted by Gasteiger charge is -2.19. The van der Waals surface area contributed by atoms with Crippen molar-refractivity contribution in [3.8, 4) is 100 Å². The first-order chi connectivity index (χ1) is 41.7. The molecule has 0 saturated carbocycles. The molecule has 2 aromatic heterocycles. The standard InChI is InChI=1S/C82H54N2/c1-9-27-55(28-10-1)65-47-73-74-48-66(56-29-11-2-12-30-56)70(60-37-19-6-20-38-60)52-80(74)83(79(73)51-69(65)59-35-17-5-18-36-59)77-45-46-78(64-44-26-25-43-63(64)77)84-81-53-71(61-39-21-7-22-40-61)67(57-31-13-3-14-32-57)49-75(81)76-50-68(58-33-15-4-16-34-58)72(54-82(76)84)62-41-23-8-24-42-62/h1-54H. The lowest BCUT2D eigenvalue weighted by atomic mass is 9.91. The molecule has 0 aliphatic rings. The molecule has 16 aromatic rings. The van der Waals surface area contributed by atoms with Crippen LogP contribution in [-0.2, 0) is 0 Å². The largest absolute Gasteiger partial charge is 0.309 e. The van der Waals surface area contributed by atoms with Gasteiger partial charge in [0, 0.05) is 32.3 Å². The molecule has 0 aliphatic heterocycles. The van der Waals surface area contributed by atoms with E-state index in [1.165, 1.54) is 111 Å². The highest BCUT2D eigenvalue weighted by molar-refractivity contribution is 6.19. The third-order valence-corrected chi connectivity index (χ3v) is 17.1. The van der Waals surface area contributed by atoms with Crippen LogP contribution in [0.3, 0.4) is 0 Å². The van der Waals surface area contributed by atoms with Crippen molar-refractivity contribution in [1.82, 2.24) is 9.13 Å². The smallest absolute Gasteiger partial charge is 0.0547 e. The molecular weight excluding hydrogens is 1010 g/mol. The summed E-state index contributed by atoms with van der Waals surface area (Å²) < 4.78 is 5.12. The average Bonchev–Trinajstić information content (AvgIpc) is 3.61. The molecule has 84 heavy (non-hydrogen) atoms. The van der Waals surface area contributed by atoms with Gasteiger partial charge >= 0.3 is 0 Å². The molecule has 0 fully saturated rings. The molecule has 0 atom stereocenters. The van der Waals surface area contributed by atoms with Gasteiger partial charge in [0.1, 0.15) is 0 Å². The van der Waals surface area contributed by atoms with Crippen molar-refractivity contribution in [2.24, 2.45) is 0 Å². The maximum absolute atomic E-state index is 2.56. The third-order valence-electron chi connectivity index (χ3n) is 17.1. The lowest BCUT2D eigenvalue weighted by molar-refractivity contribution is 1.17. The zero-order valence-corrected chi connectivity index (χ0v) is 46.1. The Kier molecular flexibility index (Phi) is 11.9. The highest BCUT2D eigenvalue weighted by Crippen LogP contribution is 2.49. The predicted octanol–water partition coefficient (Wildman–Crippen LogP) is 22.4. The van der Waals surface area contributed by atoms with Gasteiger partial charge in [-0.15, -0.1) is 0 Å². The van der Waals surface area contributed by atoms with E-state index >= 15 is 0 Å². The fourth-order valence-electron chi connectivity index (χ4n) is 13.2. The van der Waals surface area contributed by atoms with E-state index in [1.807, 2.05) is 0 Å². The van der Waals surface area contributed by atoms with Crippen LogP contribution in [0, 0.1) is 0 Å². The second kappa shape index (κ2) is 20.5. The minimum absolute atomic E-state index is 1.11. The van der Waals surface area contributed by atoms with E-state index in [-0.39, 0.29) is 0 Å². The van der Waals surface area contributed by atoms with Crippen molar-refractivity contribution in [1.29, 1.82) is 0 Å². The minimum Gasteiger partial charge on any atom is -0.309 e. The second-order valence-electron chi connectivity index (χ2n) is 21.9. The molecule has 14 aromatic carbocycles. The van der Waals surface area contributed by atoms with Crippen LogP contribution >= 0.6 is 0 Å². The maximum atomic E-state index is 2.56. The summed E-state index contributed by atoms with van der Waals surface area (Å²) in [6.07, 6.45) is 0. The van der Waals surface area contributed by atoms with Gasteiger partial charge in [-0.1, -0.05) is 267 Å². The van der Waals surface area contributed by atoms with E-state index in [4.69, 9.17) is 0 Å². The molecule has 0 aliphatic carbocycles. The monoisotopic (exact) mass is 1070 g/mol. The van der Waals surface area contributed by atoms with Crippen LogP contribution < -0.4 is 0 Å². The van der Waals surface area contributed by atoms with E-state index in [1.54, 1.807) is 0 Å². The number of nitrogens with zero attached hydrogens (tertiary/aromatic N) is 2. The number of rotatable bonds is 10. The molecule has 0 unspecified atom stereocenters. The Morgan fingerprint density at radius 1 is 0.143 bits per heavy atom. The van der Waals surface area contributed by atoms with Crippen molar-refractivity contribution in [2.45, 2.75) is 0 Å². The first kappa shape index (κ1) is 48.8. The first-order valence-electron chi connectivity index (χ1n) is 29.0. The van der Waals surface area contributed by atoms with Gasteiger partial charge in [-0.05, 0) is 150 Å². The predicted molar refractivity (Wildman–Crippen MR) is 356 cm³/mol. The Bertz CT molecular complexity index is 4500. The maximum Gasteiger partial charge on any atom is 0.0547 e. The third kappa shape index (κ3) is 8.26. The topological polar surface area (TPSA) is 9.86 Å². The Labute approximate surface area is 488 Å². The highest BCUT2D eigenvalue weighted by atomic mass is 15.0. The van der Waals surface area contributed by atoms with Crippen LogP contribution in [0.5, 0.6) is 0 Å². The van der Waals surface area contributed by atoms with Gasteiger partial charge in [0.25, 0.3) is 0 Å². The van der Waals surface area contributed by atoms with Gasteiger partial charge in [0.15, 0.2) is 0 Å². The molecule has 0 spiro atoms. The molecule has 0 amide bonds. The van der Waals surface area contributed by atoms with Crippen LogP contribution in [-0.4, -0.2) is 9.13 Å². The van der Waals surface area contributed by atoms with Crippen molar-refractivity contribution in [2.75, 3.05) is 0 Å². The lowest BCUT2D eigenvalue weighted by Crippen LogP contribution is -2.01. The summed E-state index contributed by atoms with van der Waals surface area (Å²) in [5, 5.41) is 7.09. The van der Waals surface area contributed by atoms with Crippen molar-refractivity contribution in [3.05, 3.63) is 328 Å². The van der Waals surface area contributed by atoms with Gasteiger partial charge in [-0.2, -0.15) is 0 Å². The van der Waals surface area contributed by atoms with Crippen LogP contribution in [0.2, 0.25) is 0 Å². The van der Waals surface area contributed by atoms with Gasteiger partial charge in [-0.3, -0.25) is 0 Å². The summed E-state index contributed by atoms with van der Waals surface area (Å²) in [7, 11) is 0. The van der Waals surface area contributed by atoms with Crippen molar-refractivity contribution in [3.63, 3.8) is 0 Å². The number of fused-ring (bicyclic) bond motifs is 7. The molecule has 2 heterocycles. The van der Waals surface area contributed by atoms with Crippen molar-refractivity contribution < 1.29 is 0 Å². The number of hydrogen-bond acceptors (Lipinski definition) is 0. The SMILES string of the molecule is c1ccc(-c2cc3c4cc(-c5ccccc5)c(-c5ccccc5)cc4n(-c4ccc(-n5c6cc(-c7ccccc7)c(-c7ccccc7)cc6c6cc(-c7ccccc7)c(-c7ccccc7)cc65)c5ccccc45)c3cc2-c2ccccc2)cc1. The molecule has 2 heteroatoms. The van der Waals surface area contributed by atoms with Crippen LogP contribution in [0.25, 0.3) is 155 Å². The first-order valence-corrected chi connectivity index (χ1v) is 29.0. The average molecular weight is 1070 g/mol. The Balaban J connectivity index is 1.03. The molecule has 392 valence electrons. The molecule has 0 N–H and O–H groups in total. The number of hydrogen-bond donors (Lipinski definition) is 0. The van der Waals surface area contributed by atoms with E-state index < -0.39 is 0 Å². The highest BCUT2D eigenvalue weighted by Gasteiger charge is 2.25. The van der Waals surface area contributed by atoms with Crippen LogP contribution in [0.4, 0.5) is 0 Å².